The molecule has 0 aromatic carbocycles. The second-order valence-electron chi connectivity index (χ2n) is 3.00. The normalized spacial score (nSPS) is 9.88. The van der Waals surface area contributed by atoms with Gasteiger partial charge in [0.1, 0.15) is 0 Å². The molecule has 1 amide bonds. The number of amides is 1. The molecule has 1 aromatic rings. The van der Waals surface area contributed by atoms with Crippen molar-refractivity contribution in [2.24, 2.45) is 0 Å². The lowest BCUT2D eigenvalue weighted by molar-refractivity contribution is 0.0736. The summed E-state index contributed by atoms with van der Waals surface area (Å²) in [7, 11) is 0. The molecule has 0 bridgehead atoms. The number of nitrogens with zero attached hydrogens (tertiary/aromatic N) is 3. The molecule has 1 rings (SSSR count). The van der Waals surface area contributed by atoms with E-state index in [4.69, 9.17) is 16.7 Å². The van der Waals surface area contributed by atoms with E-state index < -0.39 is 0 Å². The maximum Gasteiger partial charge on any atom is 0.274 e. The molecule has 0 radical (unpaired) electrons. The Kier molecular flexibility index (Phi) is 4.88. The van der Waals surface area contributed by atoms with Gasteiger partial charge in [-0.2, -0.15) is 0 Å². The minimum atomic E-state index is -0.307. The molecule has 5 nitrogen and oxygen atoms in total. The van der Waals surface area contributed by atoms with Crippen molar-refractivity contribution in [1.29, 1.82) is 0 Å². The Morgan fingerprint density at radius 3 is 2.81 bits per heavy atom. The van der Waals surface area contributed by atoms with Crippen LogP contribution in [0.2, 0.25) is 5.15 Å². The molecule has 0 spiro atoms. The highest BCUT2D eigenvalue weighted by atomic mass is 35.5. The molecule has 1 heterocycles. The molecule has 0 unspecified atom stereocenters. The largest absolute Gasteiger partial charge is 0.395 e. The summed E-state index contributed by atoms with van der Waals surface area (Å²) in [6, 6.07) is 2.98. The molecule has 0 saturated heterocycles. The summed E-state index contributed by atoms with van der Waals surface area (Å²) in [5.74, 6) is -0.307. The fraction of sp³-hybridized carbons (Fsp3) is 0.300. The number of carbonyl (C=O) groups excluding carboxylic acids is 1. The molecule has 1 aromatic heterocycles. The van der Waals surface area contributed by atoms with Crippen molar-refractivity contribution in [2.75, 3.05) is 19.7 Å². The fourth-order valence-electron chi connectivity index (χ4n) is 1.14. The van der Waals surface area contributed by atoms with Gasteiger partial charge in [0.2, 0.25) is 0 Å². The van der Waals surface area contributed by atoms with Crippen molar-refractivity contribution in [2.45, 2.75) is 0 Å². The lowest BCUT2D eigenvalue weighted by Gasteiger charge is -2.18. The minimum Gasteiger partial charge on any atom is -0.395 e. The maximum absolute atomic E-state index is 11.9. The highest BCUT2D eigenvalue weighted by Crippen LogP contribution is 2.05. The van der Waals surface area contributed by atoms with E-state index in [2.05, 4.69) is 16.8 Å². The number of halogens is 1. The van der Waals surface area contributed by atoms with Gasteiger partial charge in [-0.3, -0.25) is 4.79 Å². The molecular weight excluding hydrogens is 230 g/mol. The van der Waals surface area contributed by atoms with E-state index >= 15 is 0 Å². The van der Waals surface area contributed by atoms with E-state index in [-0.39, 0.29) is 29.9 Å². The molecule has 0 aliphatic rings. The zero-order valence-corrected chi connectivity index (χ0v) is 9.39. The van der Waals surface area contributed by atoms with Crippen LogP contribution in [0, 0.1) is 0 Å². The number of aliphatic hydroxyl groups excluding tert-OH is 1. The maximum atomic E-state index is 11.9. The lowest BCUT2D eigenvalue weighted by atomic mass is 10.3. The first-order valence-corrected chi connectivity index (χ1v) is 5.07. The third-order valence-electron chi connectivity index (χ3n) is 1.86. The Morgan fingerprint density at radius 2 is 2.31 bits per heavy atom. The van der Waals surface area contributed by atoms with E-state index in [1.807, 2.05) is 0 Å². The number of aliphatic hydroxyl groups is 1. The van der Waals surface area contributed by atoms with E-state index in [9.17, 15) is 4.79 Å². The molecule has 86 valence electrons. The topological polar surface area (TPSA) is 66.3 Å². The summed E-state index contributed by atoms with van der Waals surface area (Å²) in [6.07, 6.45) is 1.58. The molecule has 0 saturated carbocycles. The smallest absolute Gasteiger partial charge is 0.274 e. The fourth-order valence-corrected chi connectivity index (χ4v) is 1.25. The summed E-state index contributed by atoms with van der Waals surface area (Å²) in [4.78, 5) is 13.3. The average Bonchev–Trinajstić information content (AvgIpc) is 2.29. The molecule has 1 N–H and O–H groups in total. The standard InChI is InChI=1S/C10H12ClN3O2/c1-2-5-14(6-7-15)10(16)8-3-4-9(11)13-12-8/h2-4,15H,1,5-7H2. The van der Waals surface area contributed by atoms with E-state index in [0.29, 0.717) is 6.54 Å². The van der Waals surface area contributed by atoms with Crippen LogP contribution in [0.25, 0.3) is 0 Å². The van der Waals surface area contributed by atoms with Crippen molar-refractivity contribution < 1.29 is 9.90 Å². The van der Waals surface area contributed by atoms with Crippen molar-refractivity contribution >= 4 is 17.5 Å². The SMILES string of the molecule is C=CCN(CCO)C(=O)c1ccc(Cl)nn1. The van der Waals surface area contributed by atoms with Crippen LogP contribution in [-0.4, -0.2) is 45.8 Å². The highest BCUT2D eigenvalue weighted by molar-refractivity contribution is 6.29. The van der Waals surface area contributed by atoms with Gasteiger partial charge in [-0.05, 0) is 12.1 Å². The zero-order valence-electron chi connectivity index (χ0n) is 8.64. The first kappa shape index (κ1) is 12.6. The molecular formula is C10H12ClN3O2. The first-order chi connectivity index (χ1) is 7.69. The van der Waals surface area contributed by atoms with Gasteiger partial charge in [0, 0.05) is 13.1 Å². The minimum absolute atomic E-state index is 0.111. The van der Waals surface area contributed by atoms with Crippen LogP contribution in [-0.2, 0) is 0 Å². The Morgan fingerprint density at radius 1 is 1.56 bits per heavy atom. The molecule has 16 heavy (non-hydrogen) atoms. The molecule has 0 fully saturated rings. The third kappa shape index (κ3) is 3.29. The average molecular weight is 242 g/mol. The van der Waals surface area contributed by atoms with Crippen LogP contribution in [0.15, 0.2) is 24.8 Å². The van der Waals surface area contributed by atoms with Crippen LogP contribution < -0.4 is 0 Å². The highest BCUT2D eigenvalue weighted by Gasteiger charge is 2.15. The lowest BCUT2D eigenvalue weighted by Crippen LogP contribution is -2.34. The summed E-state index contributed by atoms with van der Waals surface area (Å²) >= 11 is 5.56. The third-order valence-corrected chi connectivity index (χ3v) is 2.06. The van der Waals surface area contributed by atoms with Gasteiger partial charge >= 0.3 is 0 Å². The van der Waals surface area contributed by atoms with E-state index in [0.717, 1.165) is 0 Å². The summed E-state index contributed by atoms with van der Waals surface area (Å²) in [5, 5.41) is 16.3. The van der Waals surface area contributed by atoms with Crippen molar-refractivity contribution in [3.8, 4) is 0 Å². The Hall–Kier alpha value is -1.46. The van der Waals surface area contributed by atoms with Crippen LogP contribution in [0.3, 0.4) is 0 Å². The van der Waals surface area contributed by atoms with Gasteiger partial charge < -0.3 is 10.0 Å². The molecule has 0 atom stereocenters. The predicted octanol–water partition coefficient (Wildman–Crippen LogP) is 0.751. The van der Waals surface area contributed by atoms with Crippen molar-refractivity contribution in [3.63, 3.8) is 0 Å². The number of hydrogen-bond acceptors (Lipinski definition) is 4. The van der Waals surface area contributed by atoms with Crippen LogP contribution >= 0.6 is 11.6 Å². The van der Waals surface area contributed by atoms with Gasteiger partial charge in [-0.1, -0.05) is 17.7 Å². The number of aromatic nitrogens is 2. The van der Waals surface area contributed by atoms with Gasteiger partial charge in [0.05, 0.1) is 6.61 Å². The second kappa shape index (κ2) is 6.19. The zero-order chi connectivity index (χ0) is 12.0. The predicted molar refractivity (Wildman–Crippen MR) is 60.2 cm³/mol. The second-order valence-corrected chi connectivity index (χ2v) is 3.39. The first-order valence-electron chi connectivity index (χ1n) is 4.69. The Balaban J connectivity index is 2.80. The summed E-state index contributed by atoms with van der Waals surface area (Å²) < 4.78 is 0. The summed E-state index contributed by atoms with van der Waals surface area (Å²) in [6.45, 7) is 4.01. The molecule has 0 aliphatic carbocycles. The van der Waals surface area contributed by atoms with Crippen LogP contribution in [0.5, 0.6) is 0 Å². The van der Waals surface area contributed by atoms with E-state index in [1.54, 1.807) is 6.08 Å². The number of rotatable bonds is 5. The van der Waals surface area contributed by atoms with Gasteiger partial charge in [0.25, 0.3) is 5.91 Å². The Bertz CT molecular complexity index is 367. The molecule has 6 heteroatoms. The van der Waals surface area contributed by atoms with Crippen molar-refractivity contribution in [3.05, 3.63) is 35.6 Å². The van der Waals surface area contributed by atoms with Gasteiger partial charge in [-0.25, -0.2) is 0 Å². The van der Waals surface area contributed by atoms with Crippen molar-refractivity contribution in [1.82, 2.24) is 15.1 Å². The van der Waals surface area contributed by atoms with Crippen LogP contribution in [0.1, 0.15) is 10.5 Å². The van der Waals surface area contributed by atoms with Crippen LogP contribution in [0.4, 0.5) is 0 Å². The number of hydrogen-bond donors (Lipinski definition) is 1. The Labute approximate surface area is 98.4 Å². The monoisotopic (exact) mass is 241 g/mol. The number of carbonyl (C=O) groups is 1. The van der Waals surface area contributed by atoms with Gasteiger partial charge in [-0.15, -0.1) is 16.8 Å². The van der Waals surface area contributed by atoms with Gasteiger partial charge in [0.15, 0.2) is 10.8 Å². The van der Waals surface area contributed by atoms with E-state index in [1.165, 1.54) is 17.0 Å². The quantitative estimate of drug-likeness (QED) is 0.773. The molecule has 0 aliphatic heterocycles. The summed E-state index contributed by atoms with van der Waals surface area (Å²) in [5.41, 5.74) is 0.194.